The summed E-state index contributed by atoms with van der Waals surface area (Å²) < 4.78 is 7.65. The van der Waals surface area contributed by atoms with Crippen molar-refractivity contribution in [2.24, 2.45) is 7.05 Å². The van der Waals surface area contributed by atoms with Crippen molar-refractivity contribution < 1.29 is 14.3 Å². The Kier molecular flexibility index (Phi) is 8.18. The molecule has 0 spiro atoms. The molecule has 1 aromatic heterocycles. The van der Waals surface area contributed by atoms with E-state index in [1.807, 2.05) is 36.4 Å². The quantitative estimate of drug-likeness (QED) is 0.358. The molecule has 0 unspecified atom stereocenters. The Morgan fingerprint density at radius 3 is 2.27 bits per heavy atom. The highest BCUT2D eigenvalue weighted by Gasteiger charge is 2.11. The number of esters is 1. The number of para-hydroxylation sites is 1. The van der Waals surface area contributed by atoms with Gasteiger partial charge < -0.3 is 15.4 Å². The number of anilines is 1. The first-order chi connectivity index (χ1) is 15.9. The molecular weight excluding hydrogens is 424 g/mol. The molecule has 0 aliphatic rings. The minimum Gasteiger partial charge on any atom is -0.426 e. The van der Waals surface area contributed by atoms with Crippen LogP contribution in [0.25, 0.3) is 0 Å². The molecule has 0 fully saturated rings. The van der Waals surface area contributed by atoms with E-state index in [2.05, 4.69) is 10.6 Å². The van der Waals surface area contributed by atoms with Crippen molar-refractivity contribution in [2.75, 3.05) is 18.4 Å². The highest BCUT2D eigenvalue weighted by molar-refractivity contribution is 5.78. The maximum atomic E-state index is 12.6. The second-order valence-electron chi connectivity index (χ2n) is 7.35. The highest BCUT2D eigenvalue weighted by Crippen LogP contribution is 2.09. The summed E-state index contributed by atoms with van der Waals surface area (Å²) >= 11 is 0. The third-order valence-corrected chi connectivity index (χ3v) is 4.87. The molecule has 9 heteroatoms. The topological polar surface area (TPSA) is 111 Å². The van der Waals surface area contributed by atoms with E-state index < -0.39 is 17.2 Å². The number of aromatic nitrogens is 2. The average Bonchev–Trinajstić information content (AvgIpc) is 2.81. The van der Waals surface area contributed by atoms with Gasteiger partial charge in [0.1, 0.15) is 11.6 Å². The molecule has 0 saturated carbocycles. The van der Waals surface area contributed by atoms with Gasteiger partial charge in [0, 0.05) is 32.6 Å². The number of carbonyl (C=O) groups is 2. The van der Waals surface area contributed by atoms with Crippen LogP contribution in [0, 0.1) is 0 Å². The van der Waals surface area contributed by atoms with Crippen molar-refractivity contribution in [3.05, 3.63) is 93.1 Å². The summed E-state index contributed by atoms with van der Waals surface area (Å²) in [4.78, 5) is 48.6. The smallest absolute Gasteiger partial charge is 0.332 e. The van der Waals surface area contributed by atoms with Gasteiger partial charge in [0.2, 0.25) is 5.91 Å². The van der Waals surface area contributed by atoms with Crippen molar-refractivity contribution >= 4 is 17.7 Å². The molecule has 0 radical (unpaired) electrons. The fourth-order valence-corrected chi connectivity index (χ4v) is 3.10. The van der Waals surface area contributed by atoms with Crippen molar-refractivity contribution in [1.82, 2.24) is 14.5 Å². The molecule has 1 heterocycles. The third kappa shape index (κ3) is 6.93. The molecule has 33 heavy (non-hydrogen) atoms. The van der Waals surface area contributed by atoms with Crippen LogP contribution in [-0.4, -0.2) is 34.1 Å². The lowest BCUT2D eigenvalue weighted by Crippen LogP contribution is -2.39. The Labute approximate surface area is 190 Å². The van der Waals surface area contributed by atoms with Gasteiger partial charge in [-0.25, -0.2) is 4.79 Å². The summed E-state index contributed by atoms with van der Waals surface area (Å²) in [6.45, 7) is 0.642. The fraction of sp³-hybridized carbons (Fsp3) is 0.250. The van der Waals surface area contributed by atoms with E-state index in [9.17, 15) is 19.2 Å². The number of nitrogens with zero attached hydrogens (tertiary/aromatic N) is 2. The molecule has 9 nitrogen and oxygen atoms in total. The van der Waals surface area contributed by atoms with E-state index >= 15 is 0 Å². The molecule has 3 aromatic rings. The summed E-state index contributed by atoms with van der Waals surface area (Å²) in [5, 5.41) is 5.66. The van der Waals surface area contributed by atoms with Crippen LogP contribution in [0.5, 0.6) is 5.75 Å². The third-order valence-electron chi connectivity index (χ3n) is 4.87. The zero-order chi connectivity index (χ0) is 23.6. The maximum Gasteiger partial charge on any atom is 0.332 e. The summed E-state index contributed by atoms with van der Waals surface area (Å²) in [5.74, 6) is 0.0836. The van der Waals surface area contributed by atoms with Crippen LogP contribution in [0.2, 0.25) is 0 Å². The van der Waals surface area contributed by atoms with Gasteiger partial charge in [0.05, 0.1) is 13.0 Å². The summed E-state index contributed by atoms with van der Waals surface area (Å²) in [6.07, 6.45) is 0.141. The minimum atomic E-state index is -0.449. The first kappa shape index (κ1) is 23.5. The number of ether oxygens (including phenoxy) is 1. The Balaban J connectivity index is 1.50. The molecule has 2 aromatic carbocycles. The van der Waals surface area contributed by atoms with Gasteiger partial charge >= 0.3 is 11.7 Å². The van der Waals surface area contributed by atoms with Crippen molar-refractivity contribution in [3.8, 4) is 5.75 Å². The lowest BCUT2D eigenvalue weighted by Gasteiger charge is -2.15. The fourth-order valence-electron chi connectivity index (χ4n) is 3.10. The minimum absolute atomic E-state index is 0.0411. The van der Waals surface area contributed by atoms with Gasteiger partial charge in [-0.1, -0.05) is 48.5 Å². The van der Waals surface area contributed by atoms with E-state index in [4.69, 9.17) is 4.74 Å². The van der Waals surface area contributed by atoms with Crippen molar-refractivity contribution in [2.45, 2.75) is 19.4 Å². The highest BCUT2D eigenvalue weighted by atomic mass is 16.5. The molecule has 2 N–H and O–H groups in total. The molecule has 0 bridgehead atoms. The summed E-state index contributed by atoms with van der Waals surface area (Å²) in [7, 11) is 1.42. The van der Waals surface area contributed by atoms with Crippen LogP contribution in [0.3, 0.4) is 0 Å². The number of carbonyl (C=O) groups excluding carboxylic acids is 2. The van der Waals surface area contributed by atoms with Crippen molar-refractivity contribution in [1.29, 1.82) is 0 Å². The van der Waals surface area contributed by atoms with E-state index in [-0.39, 0.29) is 38.4 Å². The number of rotatable bonds is 10. The second-order valence-corrected chi connectivity index (χ2v) is 7.35. The Hall–Kier alpha value is -4.14. The summed E-state index contributed by atoms with van der Waals surface area (Å²) in [6, 6.07) is 19.4. The Bertz CT molecular complexity index is 1200. The van der Waals surface area contributed by atoms with Gasteiger partial charge in [-0.2, -0.15) is 0 Å². The van der Waals surface area contributed by atoms with Crippen LogP contribution < -0.4 is 26.6 Å². The number of amides is 1. The first-order valence-electron chi connectivity index (χ1n) is 10.5. The standard InChI is InChI=1S/C24H26N4O5/c1-27-22(30)16-20(28(24(27)32)17-18-8-4-2-5-9-18)25-14-12-21(29)26-15-13-23(31)33-19-10-6-3-7-11-19/h2-11,16,25H,12-15,17H2,1H3,(H,26,29). The van der Waals surface area contributed by atoms with Crippen LogP contribution in [0.4, 0.5) is 5.82 Å². The van der Waals surface area contributed by atoms with Gasteiger partial charge in [0.15, 0.2) is 0 Å². The number of hydrogen-bond acceptors (Lipinski definition) is 6. The van der Waals surface area contributed by atoms with Crippen LogP contribution in [0.1, 0.15) is 18.4 Å². The summed E-state index contributed by atoms with van der Waals surface area (Å²) in [5.41, 5.74) is 0.0184. The Morgan fingerprint density at radius 1 is 0.909 bits per heavy atom. The van der Waals surface area contributed by atoms with Gasteiger partial charge in [0.25, 0.3) is 5.56 Å². The van der Waals surface area contributed by atoms with Gasteiger partial charge in [-0.3, -0.25) is 23.5 Å². The van der Waals surface area contributed by atoms with Crippen LogP contribution in [0.15, 0.2) is 76.3 Å². The lowest BCUT2D eigenvalue weighted by atomic mass is 10.2. The molecule has 0 saturated heterocycles. The SMILES string of the molecule is Cn1c(=O)cc(NCCC(=O)NCCC(=O)Oc2ccccc2)n(Cc2ccccc2)c1=O. The molecular formula is C24H26N4O5. The van der Waals surface area contributed by atoms with E-state index in [0.717, 1.165) is 10.1 Å². The van der Waals surface area contributed by atoms with Gasteiger partial charge in [-0.05, 0) is 17.7 Å². The normalized spacial score (nSPS) is 10.5. The average molecular weight is 450 g/mol. The molecule has 0 aliphatic carbocycles. The maximum absolute atomic E-state index is 12.6. The number of benzene rings is 2. The largest absolute Gasteiger partial charge is 0.426 e. The zero-order valence-corrected chi connectivity index (χ0v) is 18.3. The van der Waals surface area contributed by atoms with E-state index in [1.54, 1.807) is 24.3 Å². The van der Waals surface area contributed by atoms with Crippen LogP contribution in [-0.2, 0) is 23.2 Å². The predicted molar refractivity (Wildman–Crippen MR) is 124 cm³/mol. The molecule has 1 amide bonds. The van der Waals surface area contributed by atoms with Crippen LogP contribution >= 0.6 is 0 Å². The second kappa shape index (κ2) is 11.5. The number of hydrogen-bond donors (Lipinski definition) is 2. The lowest BCUT2D eigenvalue weighted by molar-refractivity contribution is -0.134. The van der Waals surface area contributed by atoms with Crippen molar-refractivity contribution in [3.63, 3.8) is 0 Å². The van der Waals surface area contributed by atoms with E-state index in [0.29, 0.717) is 11.6 Å². The molecule has 0 aliphatic heterocycles. The monoisotopic (exact) mass is 450 g/mol. The zero-order valence-electron chi connectivity index (χ0n) is 18.3. The molecule has 3 rings (SSSR count). The molecule has 0 atom stereocenters. The molecule has 172 valence electrons. The first-order valence-corrected chi connectivity index (χ1v) is 10.5. The van der Waals surface area contributed by atoms with E-state index in [1.165, 1.54) is 17.7 Å². The predicted octanol–water partition coefficient (Wildman–Crippen LogP) is 1.51. The number of nitrogens with one attached hydrogen (secondary N) is 2. The Morgan fingerprint density at radius 2 is 1.58 bits per heavy atom. The van der Waals surface area contributed by atoms with Gasteiger partial charge in [-0.15, -0.1) is 0 Å².